The number of sulfonamides is 1. The van der Waals surface area contributed by atoms with E-state index in [0.717, 1.165) is 0 Å². The Morgan fingerprint density at radius 1 is 1.21 bits per heavy atom. The summed E-state index contributed by atoms with van der Waals surface area (Å²) in [6.07, 6.45) is 0.847. The highest BCUT2D eigenvalue weighted by Crippen LogP contribution is 2.31. The minimum atomic E-state index is -3.69. The molecule has 0 radical (unpaired) electrons. The van der Waals surface area contributed by atoms with Gasteiger partial charge in [0.15, 0.2) is 5.76 Å². The number of carbonyl (C=O) groups excluding carboxylic acids is 1. The number of aromatic nitrogens is 1. The standard InChI is InChI=1S/C19H25N3O6S/c1-12-18(13(2)28-21-12)29(24,25)22-9-7-14(8-10-22)19(23)20-16-6-5-15(26-3)11-17(16)27-4/h5-6,11,14H,7-10H2,1-4H3,(H,20,23). The fourth-order valence-corrected chi connectivity index (χ4v) is 5.23. The molecule has 2 aromatic rings. The topological polar surface area (TPSA) is 111 Å². The maximum absolute atomic E-state index is 12.9. The van der Waals surface area contributed by atoms with Crippen LogP contribution in [-0.2, 0) is 14.8 Å². The molecule has 29 heavy (non-hydrogen) atoms. The maximum Gasteiger partial charge on any atom is 0.248 e. The SMILES string of the molecule is COc1ccc(NC(=O)C2CCN(S(=O)(=O)c3c(C)noc3C)CC2)c(OC)c1. The number of ether oxygens (including phenoxy) is 2. The number of nitrogens with one attached hydrogen (secondary N) is 1. The predicted octanol–water partition coefficient (Wildman–Crippen LogP) is 2.35. The quantitative estimate of drug-likeness (QED) is 0.759. The number of hydrogen-bond donors (Lipinski definition) is 1. The monoisotopic (exact) mass is 423 g/mol. The average molecular weight is 423 g/mol. The van der Waals surface area contributed by atoms with E-state index in [2.05, 4.69) is 10.5 Å². The first-order valence-electron chi connectivity index (χ1n) is 9.23. The molecule has 1 aromatic heterocycles. The first kappa shape index (κ1) is 21.1. The van der Waals surface area contributed by atoms with Crippen molar-refractivity contribution in [2.75, 3.05) is 32.6 Å². The van der Waals surface area contributed by atoms with Gasteiger partial charge in [0.1, 0.15) is 22.1 Å². The largest absolute Gasteiger partial charge is 0.497 e. The molecule has 1 aliphatic rings. The molecule has 0 spiro atoms. The fourth-order valence-electron chi connectivity index (χ4n) is 3.47. The zero-order chi connectivity index (χ0) is 21.2. The fraction of sp³-hybridized carbons (Fsp3) is 0.474. The summed E-state index contributed by atoms with van der Waals surface area (Å²) in [5.74, 6) is 0.934. The molecule has 1 fully saturated rings. The van der Waals surface area contributed by atoms with Crippen LogP contribution >= 0.6 is 0 Å². The van der Waals surface area contributed by atoms with Gasteiger partial charge in [-0.3, -0.25) is 4.79 Å². The highest BCUT2D eigenvalue weighted by atomic mass is 32.2. The first-order valence-corrected chi connectivity index (χ1v) is 10.7. The second kappa shape index (κ2) is 8.42. The molecule has 9 nitrogen and oxygen atoms in total. The van der Waals surface area contributed by atoms with E-state index in [4.69, 9.17) is 14.0 Å². The molecule has 1 N–H and O–H groups in total. The summed E-state index contributed by atoms with van der Waals surface area (Å²) in [5, 5.41) is 6.60. The molecule has 0 unspecified atom stereocenters. The number of hydrogen-bond acceptors (Lipinski definition) is 7. The van der Waals surface area contributed by atoms with Crippen molar-refractivity contribution in [3.8, 4) is 11.5 Å². The Balaban J connectivity index is 1.66. The molecule has 1 aromatic carbocycles. The number of methoxy groups -OCH3 is 2. The Morgan fingerprint density at radius 3 is 2.45 bits per heavy atom. The van der Waals surface area contributed by atoms with E-state index in [9.17, 15) is 13.2 Å². The van der Waals surface area contributed by atoms with Gasteiger partial charge in [-0.2, -0.15) is 4.31 Å². The Morgan fingerprint density at radius 2 is 1.90 bits per heavy atom. The van der Waals surface area contributed by atoms with Crippen LogP contribution < -0.4 is 14.8 Å². The lowest BCUT2D eigenvalue weighted by Crippen LogP contribution is -2.41. The Bertz CT molecular complexity index is 974. The van der Waals surface area contributed by atoms with E-state index in [-0.39, 0.29) is 35.6 Å². The lowest BCUT2D eigenvalue weighted by Gasteiger charge is -2.30. The third kappa shape index (κ3) is 4.23. The lowest BCUT2D eigenvalue weighted by molar-refractivity contribution is -0.120. The Labute approximate surface area is 170 Å². The number of carbonyl (C=O) groups is 1. The second-order valence-corrected chi connectivity index (χ2v) is 8.76. The van der Waals surface area contributed by atoms with Crippen LogP contribution in [0.1, 0.15) is 24.3 Å². The van der Waals surface area contributed by atoms with E-state index in [0.29, 0.717) is 35.7 Å². The molecule has 1 saturated heterocycles. The molecule has 1 aliphatic heterocycles. The molecule has 0 saturated carbocycles. The zero-order valence-corrected chi connectivity index (χ0v) is 17.7. The third-order valence-corrected chi connectivity index (χ3v) is 7.20. The van der Waals surface area contributed by atoms with Gasteiger partial charge in [0.25, 0.3) is 0 Å². The molecule has 1 amide bonds. The van der Waals surface area contributed by atoms with Gasteiger partial charge >= 0.3 is 0 Å². The number of nitrogens with zero attached hydrogens (tertiary/aromatic N) is 2. The highest BCUT2D eigenvalue weighted by molar-refractivity contribution is 7.89. The van der Waals surface area contributed by atoms with E-state index in [1.165, 1.54) is 11.4 Å². The minimum Gasteiger partial charge on any atom is -0.497 e. The Hall–Kier alpha value is -2.59. The normalized spacial score (nSPS) is 15.9. The summed E-state index contributed by atoms with van der Waals surface area (Å²) in [6, 6.07) is 5.14. The van der Waals surface area contributed by atoms with Crippen LogP contribution in [0.15, 0.2) is 27.6 Å². The summed E-state index contributed by atoms with van der Waals surface area (Å²) < 4.78 is 42.6. The van der Waals surface area contributed by atoms with Gasteiger partial charge in [-0.25, -0.2) is 8.42 Å². The summed E-state index contributed by atoms with van der Waals surface area (Å²) in [5.41, 5.74) is 0.887. The average Bonchev–Trinajstić information content (AvgIpc) is 3.07. The van der Waals surface area contributed by atoms with Crippen molar-refractivity contribution in [2.24, 2.45) is 5.92 Å². The molecule has 0 atom stereocenters. The van der Waals surface area contributed by atoms with Crippen molar-refractivity contribution < 1.29 is 27.2 Å². The third-order valence-electron chi connectivity index (χ3n) is 5.06. The molecular weight excluding hydrogens is 398 g/mol. The van der Waals surface area contributed by atoms with Crippen molar-refractivity contribution >= 4 is 21.6 Å². The van der Waals surface area contributed by atoms with Gasteiger partial charge in [-0.1, -0.05) is 5.16 Å². The summed E-state index contributed by atoms with van der Waals surface area (Å²) in [6.45, 7) is 3.69. The van der Waals surface area contributed by atoms with Gasteiger partial charge in [-0.05, 0) is 38.8 Å². The molecule has 0 aliphatic carbocycles. The molecule has 0 bridgehead atoms. The smallest absolute Gasteiger partial charge is 0.248 e. The van der Waals surface area contributed by atoms with Gasteiger partial charge in [0, 0.05) is 25.1 Å². The van der Waals surface area contributed by atoms with Crippen molar-refractivity contribution in [1.29, 1.82) is 0 Å². The van der Waals surface area contributed by atoms with E-state index in [1.54, 1.807) is 39.2 Å². The van der Waals surface area contributed by atoms with Crippen molar-refractivity contribution in [3.63, 3.8) is 0 Å². The minimum absolute atomic E-state index is 0.114. The van der Waals surface area contributed by atoms with Crippen molar-refractivity contribution in [1.82, 2.24) is 9.46 Å². The number of benzene rings is 1. The number of piperidine rings is 1. The zero-order valence-electron chi connectivity index (χ0n) is 16.9. The molecule has 3 rings (SSSR count). The maximum atomic E-state index is 12.9. The summed E-state index contributed by atoms with van der Waals surface area (Å²) >= 11 is 0. The number of aryl methyl sites for hydroxylation is 2. The van der Waals surface area contributed by atoms with Gasteiger partial charge in [-0.15, -0.1) is 0 Å². The second-order valence-electron chi connectivity index (χ2n) is 6.89. The number of rotatable bonds is 6. The van der Waals surface area contributed by atoms with E-state index >= 15 is 0 Å². The Kier molecular flexibility index (Phi) is 6.13. The number of anilines is 1. The first-order chi connectivity index (χ1) is 13.8. The van der Waals surface area contributed by atoms with Crippen molar-refractivity contribution in [3.05, 3.63) is 29.7 Å². The molecule has 10 heteroatoms. The van der Waals surface area contributed by atoms with Crippen LogP contribution in [0.25, 0.3) is 0 Å². The van der Waals surface area contributed by atoms with Crippen molar-refractivity contribution in [2.45, 2.75) is 31.6 Å². The van der Waals surface area contributed by atoms with Crippen LogP contribution in [-0.4, -0.2) is 51.1 Å². The molecule has 158 valence electrons. The predicted molar refractivity (Wildman–Crippen MR) is 106 cm³/mol. The summed E-state index contributed by atoms with van der Waals surface area (Å²) in [4.78, 5) is 12.8. The van der Waals surface area contributed by atoms with Gasteiger partial charge < -0.3 is 19.3 Å². The van der Waals surface area contributed by atoms with Crippen LogP contribution in [0.5, 0.6) is 11.5 Å². The van der Waals surface area contributed by atoms with E-state index in [1.807, 2.05) is 0 Å². The summed E-state index contributed by atoms with van der Waals surface area (Å²) in [7, 11) is -0.626. The van der Waals surface area contributed by atoms with Crippen LogP contribution in [0, 0.1) is 19.8 Å². The van der Waals surface area contributed by atoms with E-state index < -0.39 is 10.0 Å². The van der Waals surface area contributed by atoms with Crippen LogP contribution in [0.4, 0.5) is 5.69 Å². The lowest BCUT2D eigenvalue weighted by atomic mass is 9.97. The van der Waals surface area contributed by atoms with Crippen LogP contribution in [0.3, 0.4) is 0 Å². The highest BCUT2D eigenvalue weighted by Gasteiger charge is 2.35. The number of amides is 1. The van der Waals surface area contributed by atoms with Gasteiger partial charge in [0.2, 0.25) is 15.9 Å². The molecule has 2 heterocycles. The molecular formula is C19H25N3O6S. The van der Waals surface area contributed by atoms with Gasteiger partial charge in [0.05, 0.1) is 19.9 Å². The van der Waals surface area contributed by atoms with Crippen LogP contribution in [0.2, 0.25) is 0 Å².